The first kappa shape index (κ1) is 23.6. The first-order chi connectivity index (χ1) is 15.5. The van der Waals surface area contributed by atoms with E-state index in [1.54, 1.807) is 24.3 Å². The zero-order chi connectivity index (χ0) is 22.8. The van der Waals surface area contributed by atoms with E-state index in [1.165, 1.54) is 24.3 Å². The fourth-order valence-electron chi connectivity index (χ4n) is 3.07. The quantitative estimate of drug-likeness (QED) is 0.285. The highest BCUT2D eigenvalue weighted by Crippen LogP contribution is 2.12. The summed E-state index contributed by atoms with van der Waals surface area (Å²) in [5, 5.41) is 6.09. The Morgan fingerprint density at radius 3 is 2.25 bits per heavy atom. The molecule has 3 rings (SSSR count). The van der Waals surface area contributed by atoms with Crippen LogP contribution in [0.25, 0.3) is 0 Å². The third-order valence-corrected chi connectivity index (χ3v) is 5.09. The molecule has 0 radical (unpaired) electrons. The number of morpholine rings is 1. The van der Waals surface area contributed by atoms with Crippen molar-refractivity contribution in [3.05, 3.63) is 65.5 Å². The number of nitrogens with zero attached hydrogens (tertiary/aromatic N) is 1. The average Bonchev–Trinajstić information content (AvgIpc) is 2.82. The molecule has 1 saturated heterocycles. The molecular weight excluding hydrogens is 433 g/mol. The average molecular weight is 460 g/mol. The highest BCUT2D eigenvalue weighted by Gasteiger charge is 2.10. The van der Waals surface area contributed by atoms with E-state index in [4.69, 9.17) is 17.0 Å². The van der Waals surface area contributed by atoms with Crippen LogP contribution in [-0.4, -0.2) is 61.2 Å². The number of ether oxygens (including phenoxy) is 1. The van der Waals surface area contributed by atoms with Crippen LogP contribution in [0.3, 0.4) is 0 Å². The molecule has 10 heteroatoms. The van der Waals surface area contributed by atoms with Crippen molar-refractivity contribution in [2.45, 2.75) is 6.42 Å². The Kier molecular flexibility index (Phi) is 8.90. The summed E-state index contributed by atoms with van der Waals surface area (Å²) >= 11 is 5.17. The van der Waals surface area contributed by atoms with E-state index in [9.17, 15) is 14.0 Å². The van der Waals surface area contributed by atoms with Gasteiger partial charge in [0.05, 0.1) is 13.2 Å². The molecule has 32 heavy (non-hydrogen) atoms. The first-order valence-electron chi connectivity index (χ1n) is 10.3. The Balaban J connectivity index is 1.36. The van der Waals surface area contributed by atoms with Crippen molar-refractivity contribution in [2.24, 2.45) is 0 Å². The van der Waals surface area contributed by atoms with Crippen molar-refractivity contribution in [3.63, 3.8) is 0 Å². The van der Waals surface area contributed by atoms with E-state index in [1.807, 2.05) is 0 Å². The van der Waals surface area contributed by atoms with E-state index >= 15 is 0 Å². The van der Waals surface area contributed by atoms with Gasteiger partial charge in [-0.1, -0.05) is 0 Å². The number of amides is 2. The summed E-state index contributed by atoms with van der Waals surface area (Å²) in [6.07, 6.45) is 0.931. The summed E-state index contributed by atoms with van der Waals surface area (Å²) in [4.78, 5) is 26.8. The van der Waals surface area contributed by atoms with Crippen LogP contribution in [0.4, 0.5) is 10.1 Å². The molecule has 0 aliphatic carbocycles. The lowest BCUT2D eigenvalue weighted by Gasteiger charge is -2.26. The highest BCUT2D eigenvalue weighted by atomic mass is 32.1. The maximum Gasteiger partial charge on any atom is 0.269 e. The maximum atomic E-state index is 13.0. The molecule has 1 fully saturated rings. The Morgan fingerprint density at radius 1 is 0.938 bits per heavy atom. The zero-order valence-corrected chi connectivity index (χ0v) is 18.3. The smallest absolute Gasteiger partial charge is 0.269 e. The minimum atomic E-state index is -0.409. The summed E-state index contributed by atoms with van der Waals surface area (Å²) in [6, 6.07) is 11.6. The van der Waals surface area contributed by atoms with E-state index in [-0.39, 0.29) is 11.8 Å². The third-order valence-electron chi connectivity index (χ3n) is 4.84. The molecule has 170 valence electrons. The molecule has 4 N–H and O–H groups in total. The Morgan fingerprint density at radius 2 is 1.56 bits per heavy atom. The van der Waals surface area contributed by atoms with Crippen LogP contribution in [0.1, 0.15) is 27.1 Å². The SMILES string of the molecule is O=C(NNC(=S)NCCCN1CCOCC1)c1ccc(NC(=O)c2ccc(F)cc2)cc1. The molecule has 0 aromatic heterocycles. The molecule has 0 spiro atoms. The van der Waals surface area contributed by atoms with Crippen LogP contribution < -0.4 is 21.5 Å². The van der Waals surface area contributed by atoms with Gasteiger partial charge in [-0.3, -0.25) is 25.3 Å². The number of hydrogen-bond donors (Lipinski definition) is 4. The van der Waals surface area contributed by atoms with Gasteiger partial charge in [-0.05, 0) is 73.7 Å². The van der Waals surface area contributed by atoms with Gasteiger partial charge in [0.25, 0.3) is 11.8 Å². The number of rotatable bonds is 7. The Labute approximate surface area is 191 Å². The van der Waals surface area contributed by atoms with Gasteiger partial charge >= 0.3 is 0 Å². The standard InChI is InChI=1S/C22H26FN5O3S/c23-18-6-2-16(3-7-18)20(29)25-19-8-4-17(5-9-19)21(30)26-27-22(32)24-10-1-11-28-12-14-31-15-13-28/h2-9H,1,10-15H2,(H,25,29)(H,26,30)(H2,24,27,32). The molecule has 1 aliphatic rings. The van der Waals surface area contributed by atoms with Crippen LogP contribution in [0.5, 0.6) is 0 Å². The highest BCUT2D eigenvalue weighted by molar-refractivity contribution is 7.80. The molecule has 1 heterocycles. The maximum absolute atomic E-state index is 13.0. The second-order valence-electron chi connectivity index (χ2n) is 7.18. The number of anilines is 1. The second-order valence-corrected chi connectivity index (χ2v) is 7.59. The number of hydrazine groups is 1. The lowest BCUT2D eigenvalue weighted by atomic mass is 10.1. The lowest BCUT2D eigenvalue weighted by molar-refractivity contribution is 0.0376. The number of nitrogens with one attached hydrogen (secondary N) is 4. The van der Waals surface area contributed by atoms with Gasteiger partial charge in [-0.25, -0.2) is 4.39 Å². The van der Waals surface area contributed by atoms with Gasteiger partial charge in [0.15, 0.2) is 5.11 Å². The van der Waals surface area contributed by atoms with Crippen LogP contribution in [0.2, 0.25) is 0 Å². The zero-order valence-electron chi connectivity index (χ0n) is 17.5. The normalized spacial score (nSPS) is 13.8. The summed E-state index contributed by atoms with van der Waals surface area (Å²) in [5.74, 6) is -1.14. The number of benzene rings is 2. The predicted octanol–water partition coefficient (Wildman–Crippen LogP) is 1.91. The number of hydrogen-bond acceptors (Lipinski definition) is 5. The Bertz CT molecular complexity index is 918. The van der Waals surface area contributed by atoms with Gasteiger partial charge in [0.2, 0.25) is 0 Å². The van der Waals surface area contributed by atoms with Gasteiger partial charge in [0, 0.05) is 36.4 Å². The van der Waals surface area contributed by atoms with Crippen molar-refractivity contribution in [1.82, 2.24) is 21.1 Å². The van der Waals surface area contributed by atoms with Gasteiger partial charge < -0.3 is 15.4 Å². The number of halogens is 1. The first-order valence-corrected chi connectivity index (χ1v) is 10.7. The van der Waals surface area contributed by atoms with Gasteiger partial charge in [0.1, 0.15) is 5.82 Å². The van der Waals surface area contributed by atoms with E-state index < -0.39 is 5.82 Å². The fourth-order valence-corrected chi connectivity index (χ4v) is 3.22. The second kappa shape index (κ2) is 12.1. The lowest BCUT2D eigenvalue weighted by Crippen LogP contribution is -2.47. The molecule has 1 aliphatic heterocycles. The van der Waals surface area contributed by atoms with Crippen molar-refractivity contribution in [2.75, 3.05) is 44.7 Å². The number of carbonyl (C=O) groups excluding carboxylic acids is 2. The Hall–Kier alpha value is -3.08. The summed E-state index contributed by atoms with van der Waals surface area (Å²) in [5.41, 5.74) is 6.46. The van der Waals surface area contributed by atoms with Crippen molar-refractivity contribution < 1.29 is 18.7 Å². The number of thiocarbonyl (C=S) groups is 1. The summed E-state index contributed by atoms with van der Waals surface area (Å²) in [7, 11) is 0. The van der Waals surface area contributed by atoms with Crippen LogP contribution in [-0.2, 0) is 4.74 Å². The van der Waals surface area contributed by atoms with Crippen molar-refractivity contribution in [1.29, 1.82) is 0 Å². The van der Waals surface area contributed by atoms with Gasteiger partial charge in [-0.15, -0.1) is 0 Å². The molecule has 0 saturated carbocycles. The monoisotopic (exact) mass is 459 g/mol. The third kappa shape index (κ3) is 7.56. The largest absolute Gasteiger partial charge is 0.379 e. The topological polar surface area (TPSA) is 94.7 Å². The molecule has 0 atom stereocenters. The molecule has 8 nitrogen and oxygen atoms in total. The molecule has 2 aromatic rings. The van der Waals surface area contributed by atoms with E-state index in [0.29, 0.717) is 28.5 Å². The van der Waals surface area contributed by atoms with E-state index in [0.717, 1.165) is 39.3 Å². The van der Waals surface area contributed by atoms with Gasteiger partial charge in [-0.2, -0.15) is 0 Å². The van der Waals surface area contributed by atoms with E-state index in [2.05, 4.69) is 26.4 Å². The molecule has 2 amide bonds. The minimum absolute atomic E-state index is 0.336. The van der Waals surface area contributed by atoms with Crippen molar-refractivity contribution in [3.8, 4) is 0 Å². The number of carbonyl (C=O) groups is 2. The van der Waals surface area contributed by atoms with Crippen molar-refractivity contribution >= 4 is 34.8 Å². The fraction of sp³-hybridized carbons (Fsp3) is 0.318. The predicted molar refractivity (Wildman–Crippen MR) is 124 cm³/mol. The summed E-state index contributed by atoms with van der Waals surface area (Å²) < 4.78 is 18.3. The van der Waals surface area contributed by atoms with Crippen LogP contribution in [0, 0.1) is 5.82 Å². The molecule has 0 unspecified atom stereocenters. The molecule has 0 bridgehead atoms. The van der Waals surface area contributed by atoms with Crippen LogP contribution in [0.15, 0.2) is 48.5 Å². The van der Waals surface area contributed by atoms with Crippen LogP contribution >= 0.6 is 12.2 Å². The molecular formula is C22H26FN5O3S. The molecule has 2 aromatic carbocycles. The summed E-state index contributed by atoms with van der Waals surface area (Å²) in [6.45, 7) is 5.12. The minimum Gasteiger partial charge on any atom is -0.379 e.